The number of nitriles is 1. The molecule has 37 heavy (non-hydrogen) atoms. The van der Waals surface area contributed by atoms with Crippen LogP contribution in [0.2, 0.25) is 0 Å². The molecule has 0 amide bonds. The summed E-state index contributed by atoms with van der Waals surface area (Å²) in [6, 6.07) is 21.2. The summed E-state index contributed by atoms with van der Waals surface area (Å²) in [5.74, 6) is -0.450. The van der Waals surface area contributed by atoms with Gasteiger partial charge in [-0.05, 0) is 54.8 Å². The number of benzene rings is 3. The summed E-state index contributed by atoms with van der Waals surface area (Å²) in [5.41, 5.74) is 9.26. The number of carbonyl (C=O) groups is 2. The van der Waals surface area contributed by atoms with Crippen LogP contribution in [0, 0.1) is 11.3 Å². The zero-order valence-corrected chi connectivity index (χ0v) is 20.7. The van der Waals surface area contributed by atoms with Gasteiger partial charge in [0.15, 0.2) is 6.10 Å². The lowest BCUT2D eigenvalue weighted by molar-refractivity contribution is -0.141. The number of rotatable bonds is 7. The lowest BCUT2D eigenvalue weighted by atomic mass is 9.83. The van der Waals surface area contributed by atoms with Crippen molar-refractivity contribution in [2.45, 2.75) is 32.3 Å². The minimum absolute atomic E-state index is 0.0484. The molecule has 2 N–H and O–H groups in total. The average molecular weight is 499 g/mol. The molecule has 3 aromatic carbocycles. The number of allylic oxidation sites excluding steroid dienone is 1. The van der Waals surface area contributed by atoms with Gasteiger partial charge in [0.1, 0.15) is 28.9 Å². The molecule has 4 rings (SSSR count). The quantitative estimate of drug-likeness (QED) is 0.370. The molecule has 0 aromatic heterocycles. The molecule has 8 heteroatoms. The molecule has 0 radical (unpaired) electrons. The van der Waals surface area contributed by atoms with Crippen LogP contribution in [-0.4, -0.2) is 25.2 Å². The summed E-state index contributed by atoms with van der Waals surface area (Å²) < 4.78 is 21.7. The third kappa shape index (κ3) is 5.41. The molecule has 0 aliphatic carbocycles. The second kappa shape index (κ2) is 10.9. The number of hydrogen-bond donors (Lipinski definition) is 1. The fourth-order valence-corrected chi connectivity index (χ4v) is 4.03. The largest absolute Gasteiger partial charge is 0.479 e. The van der Waals surface area contributed by atoms with Gasteiger partial charge in [0, 0.05) is 11.6 Å². The van der Waals surface area contributed by atoms with Crippen molar-refractivity contribution >= 4 is 11.9 Å². The summed E-state index contributed by atoms with van der Waals surface area (Å²) >= 11 is 0. The van der Waals surface area contributed by atoms with Crippen LogP contribution in [0.1, 0.15) is 46.8 Å². The second-order valence-electron chi connectivity index (χ2n) is 8.42. The average Bonchev–Trinajstić information content (AvgIpc) is 2.92. The number of ether oxygens (including phenoxy) is 4. The first-order valence-corrected chi connectivity index (χ1v) is 11.7. The highest BCUT2D eigenvalue weighted by atomic mass is 16.6. The van der Waals surface area contributed by atoms with Crippen LogP contribution in [-0.2, 0) is 16.0 Å². The number of fused-ring (bicyclic) bond motifs is 1. The molecular formula is C29H26N2O6. The van der Waals surface area contributed by atoms with Crippen molar-refractivity contribution in [2.24, 2.45) is 5.73 Å². The smallest absolute Gasteiger partial charge is 0.352 e. The number of nitrogens with zero attached hydrogens (tertiary/aromatic N) is 1. The van der Waals surface area contributed by atoms with Crippen molar-refractivity contribution in [1.82, 2.24) is 0 Å². The lowest BCUT2D eigenvalue weighted by Crippen LogP contribution is -2.28. The van der Waals surface area contributed by atoms with E-state index in [1.807, 2.05) is 24.3 Å². The van der Waals surface area contributed by atoms with Crippen LogP contribution in [0.25, 0.3) is 0 Å². The van der Waals surface area contributed by atoms with Crippen molar-refractivity contribution in [3.05, 3.63) is 100 Å². The van der Waals surface area contributed by atoms with E-state index in [0.29, 0.717) is 22.6 Å². The molecule has 0 saturated carbocycles. The van der Waals surface area contributed by atoms with Crippen molar-refractivity contribution < 1.29 is 28.5 Å². The Morgan fingerprint density at radius 3 is 2.35 bits per heavy atom. The van der Waals surface area contributed by atoms with E-state index < -0.39 is 24.0 Å². The summed E-state index contributed by atoms with van der Waals surface area (Å²) in [4.78, 5) is 24.5. The number of methoxy groups -OCH3 is 1. The van der Waals surface area contributed by atoms with Gasteiger partial charge in [-0.2, -0.15) is 5.26 Å². The lowest BCUT2D eigenvalue weighted by Gasteiger charge is -2.27. The highest BCUT2D eigenvalue weighted by Gasteiger charge is 2.31. The molecule has 2 atom stereocenters. The van der Waals surface area contributed by atoms with Crippen LogP contribution >= 0.6 is 0 Å². The predicted octanol–water partition coefficient (Wildman–Crippen LogP) is 4.63. The molecule has 3 aromatic rings. The van der Waals surface area contributed by atoms with Gasteiger partial charge in [0.2, 0.25) is 5.88 Å². The van der Waals surface area contributed by atoms with Gasteiger partial charge in [-0.1, -0.05) is 37.3 Å². The zero-order valence-electron chi connectivity index (χ0n) is 20.7. The maximum absolute atomic E-state index is 12.7. The highest BCUT2D eigenvalue weighted by molar-refractivity contribution is 5.89. The first-order valence-electron chi connectivity index (χ1n) is 11.7. The molecule has 2 unspecified atom stereocenters. The first kappa shape index (κ1) is 25.3. The molecule has 1 heterocycles. The van der Waals surface area contributed by atoms with E-state index in [9.17, 15) is 14.9 Å². The summed E-state index contributed by atoms with van der Waals surface area (Å²) in [7, 11) is 1.31. The molecule has 188 valence electrons. The van der Waals surface area contributed by atoms with Crippen LogP contribution < -0.4 is 19.9 Å². The Hall–Kier alpha value is -4.77. The number of carbonyl (C=O) groups excluding carboxylic acids is 2. The van der Waals surface area contributed by atoms with Gasteiger partial charge in [0.25, 0.3) is 0 Å². The predicted molar refractivity (Wildman–Crippen MR) is 135 cm³/mol. The number of nitrogens with two attached hydrogens (primary N) is 1. The monoisotopic (exact) mass is 498 g/mol. The summed E-state index contributed by atoms with van der Waals surface area (Å²) in [6.07, 6.45) is 0.0636. The Bertz CT molecular complexity index is 1390. The van der Waals surface area contributed by atoms with E-state index >= 15 is 0 Å². The van der Waals surface area contributed by atoms with E-state index in [4.69, 9.17) is 24.7 Å². The second-order valence-corrected chi connectivity index (χ2v) is 8.42. The van der Waals surface area contributed by atoms with Gasteiger partial charge in [-0.25, -0.2) is 9.59 Å². The third-order valence-electron chi connectivity index (χ3n) is 6.05. The minimum atomic E-state index is -0.847. The first-order chi connectivity index (χ1) is 17.8. The fraction of sp³-hybridized carbons (Fsp3) is 0.207. The normalized spacial score (nSPS) is 15.0. The molecular weight excluding hydrogens is 472 g/mol. The molecule has 1 aliphatic rings. The third-order valence-corrected chi connectivity index (χ3v) is 6.05. The number of hydrogen-bond acceptors (Lipinski definition) is 8. The van der Waals surface area contributed by atoms with Crippen LogP contribution in [0.5, 0.6) is 17.2 Å². The van der Waals surface area contributed by atoms with E-state index in [1.165, 1.54) is 12.7 Å². The van der Waals surface area contributed by atoms with Gasteiger partial charge in [-0.15, -0.1) is 0 Å². The Morgan fingerprint density at radius 1 is 1.05 bits per heavy atom. The Balaban J connectivity index is 1.55. The van der Waals surface area contributed by atoms with Crippen LogP contribution in [0.3, 0.4) is 0 Å². The Kier molecular flexibility index (Phi) is 7.44. The van der Waals surface area contributed by atoms with Crippen molar-refractivity contribution in [1.29, 1.82) is 5.26 Å². The van der Waals surface area contributed by atoms with E-state index in [-0.39, 0.29) is 17.2 Å². The van der Waals surface area contributed by atoms with Crippen molar-refractivity contribution in [3.8, 4) is 23.3 Å². The van der Waals surface area contributed by atoms with Gasteiger partial charge in [-0.3, -0.25) is 0 Å². The van der Waals surface area contributed by atoms with Crippen LogP contribution in [0.4, 0.5) is 0 Å². The fourth-order valence-electron chi connectivity index (χ4n) is 4.03. The maximum atomic E-state index is 12.7. The van der Waals surface area contributed by atoms with Gasteiger partial charge >= 0.3 is 11.9 Å². The summed E-state index contributed by atoms with van der Waals surface area (Å²) in [5, 5.41) is 9.76. The molecule has 8 nitrogen and oxygen atoms in total. The minimum Gasteiger partial charge on any atom is -0.479 e. The molecule has 0 spiro atoms. The topological polar surface area (TPSA) is 121 Å². The van der Waals surface area contributed by atoms with Crippen molar-refractivity contribution in [2.75, 3.05) is 7.11 Å². The zero-order chi connectivity index (χ0) is 26.5. The molecule has 0 saturated heterocycles. The van der Waals surface area contributed by atoms with E-state index in [2.05, 4.69) is 13.0 Å². The summed E-state index contributed by atoms with van der Waals surface area (Å²) in [6.45, 7) is 3.67. The van der Waals surface area contributed by atoms with E-state index in [1.54, 1.807) is 49.4 Å². The number of aryl methyl sites for hydroxylation is 1. The van der Waals surface area contributed by atoms with Gasteiger partial charge < -0.3 is 24.7 Å². The Morgan fingerprint density at radius 2 is 1.73 bits per heavy atom. The number of esters is 2. The highest BCUT2D eigenvalue weighted by Crippen LogP contribution is 2.43. The maximum Gasteiger partial charge on any atom is 0.352 e. The van der Waals surface area contributed by atoms with Gasteiger partial charge in [0.05, 0.1) is 18.6 Å². The molecule has 0 bridgehead atoms. The standard InChI is InChI=1S/C29H26N2O6/c1-4-18-5-11-21(12-6-18)35-17(2)28(32)36-22-13-14-23-25(15-22)37-27(31)24(16-30)26(23)19-7-9-20(10-8-19)29(33)34-3/h5-15,17,26H,4,31H2,1-3H3. The van der Waals surface area contributed by atoms with E-state index in [0.717, 1.165) is 12.0 Å². The molecule has 1 aliphatic heterocycles. The SMILES string of the molecule is CCc1ccc(OC(C)C(=O)Oc2ccc3c(c2)OC(N)=C(C#N)C3c2ccc(C(=O)OC)cc2)cc1. The van der Waals surface area contributed by atoms with Crippen LogP contribution in [0.15, 0.2) is 78.2 Å². The molecule has 0 fully saturated rings. The Labute approximate surface area is 214 Å². The van der Waals surface area contributed by atoms with Crippen molar-refractivity contribution in [3.63, 3.8) is 0 Å².